The van der Waals surface area contributed by atoms with Crippen LogP contribution in [0.25, 0.3) is 10.9 Å². The highest BCUT2D eigenvalue weighted by molar-refractivity contribution is 5.99. The van der Waals surface area contributed by atoms with Gasteiger partial charge in [0.05, 0.1) is 37.8 Å². The first-order valence-corrected chi connectivity index (χ1v) is 12.5. The van der Waals surface area contributed by atoms with Gasteiger partial charge in [0.2, 0.25) is 0 Å². The number of ether oxygens (including phenoxy) is 2. The summed E-state index contributed by atoms with van der Waals surface area (Å²) in [5.74, 6) is 0.177. The summed E-state index contributed by atoms with van der Waals surface area (Å²) in [6.07, 6.45) is 4.26. The van der Waals surface area contributed by atoms with Crippen molar-refractivity contribution in [3.05, 3.63) is 70.4 Å². The molecule has 0 spiro atoms. The normalized spacial score (nSPS) is 10.8. The molecule has 1 heterocycles. The van der Waals surface area contributed by atoms with Crippen LogP contribution in [0.2, 0.25) is 0 Å². The van der Waals surface area contributed by atoms with Crippen LogP contribution in [0.5, 0.6) is 0 Å². The minimum Gasteiger partial charge on any atom is -0.497 e. The summed E-state index contributed by atoms with van der Waals surface area (Å²) in [7, 11) is 1.38. The van der Waals surface area contributed by atoms with Crippen molar-refractivity contribution in [1.29, 1.82) is 0 Å². The highest BCUT2D eigenvalue weighted by atomic mass is 16.5. The average Bonchev–Trinajstić information content (AvgIpc) is 2.88. The topological polar surface area (TPSA) is 98.7 Å². The van der Waals surface area contributed by atoms with E-state index in [1.807, 2.05) is 36.6 Å². The molecule has 8 heteroatoms. The lowest BCUT2D eigenvalue weighted by atomic mass is 10.0. The van der Waals surface area contributed by atoms with Crippen LogP contribution < -0.4 is 16.1 Å². The molecule has 196 valence electrons. The molecule has 0 saturated heterocycles. The molecule has 0 atom stereocenters. The Balaban J connectivity index is 2.05. The zero-order valence-electron chi connectivity index (χ0n) is 21.8. The van der Waals surface area contributed by atoms with Gasteiger partial charge in [-0.2, -0.15) is 0 Å². The van der Waals surface area contributed by atoms with E-state index in [-0.39, 0.29) is 29.2 Å². The second kappa shape index (κ2) is 14.9. The lowest BCUT2D eigenvalue weighted by Crippen LogP contribution is -2.21. The Morgan fingerprint density at radius 1 is 1.08 bits per heavy atom. The molecule has 2 rings (SSSR count). The summed E-state index contributed by atoms with van der Waals surface area (Å²) in [5, 5.41) is 6.89. The van der Waals surface area contributed by atoms with E-state index >= 15 is 0 Å². The van der Waals surface area contributed by atoms with Gasteiger partial charge in [-0.15, -0.1) is 0 Å². The quantitative estimate of drug-likeness (QED) is 0.149. The number of aryl methyl sites for hydroxylation is 2. The molecule has 1 aromatic heterocycles. The number of benzene rings is 1. The number of methoxy groups -OCH3 is 1. The Hall–Kier alpha value is -3.39. The molecule has 2 aromatic rings. The van der Waals surface area contributed by atoms with E-state index in [2.05, 4.69) is 28.5 Å². The number of esters is 1. The molecule has 0 unspecified atom stereocenters. The third-order valence-corrected chi connectivity index (χ3v) is 5.88. The van der Waals surface area contributed by atoms with E-state index < -0.39 is 0 Å². The van der Waals surface area contributed by atoms with Gasteiger partial charge >= 0.3 is 5.97 Å². The number of pyridine rings is 1. The maximum Gasteiger partial charge on any atom is 0.306 e. The van der Waals surface area contributed by atoms with Crippen LogP contribution in [0.1, 0.15) is 55.5 Å². The molecule has 1 aromatic carbocycles. The summed E-state index contributed by atoms with van der Waals surface area (Å²) in [4.78, 5) is 37.4. The van der Waals surface area contributed by atoms with Crippen molar-refractivity contribution in [3.63, 3.8) is 0 Å². The molecular weight excluding hydrogens is 458 g/mol. The lowest BCUT2D eigenvalue weighted by molar-refractivity contribution is -0.140. The van der Waals surface area contributed by atoms with Crippen LogP contribution in [-0.2, 0) is 27.2 Å². The number of fused-ring (bicyclic) bond motifs is 1. The first kappa shape index (κ1) is 28.8. The van der Waals surface area contributed by atoms with Crippen molar-refractivity contribution in [2.75, 3.05) is 33.4 Å². The summed E-state index contributed by atoms with van der Waals surface area (Å²) < 4.78 is 11.9. The van der Waals surface area contributed by atoms with Gasteiger partial charge in [-0.25, -0.2) is 0 Å². The highest BCUT2D eigenvalue weighted by Gasteiger charge is 2.16. The number of aromatic nitrogens is 1. The Morgan fingerprint density at radius 3 is 2.56 bits per heavy atom. The fourth-order valence-corrected chi connectivity index (χ4v) is 3.86. The number of rotatable bonds is 17. The van der Waals surface area contributed by atoms with Gasteiger partial charge in [-0.3, -0.25) is 14.4 Å². The highest BCUT2D eigenvalue weighted by Crippen LogP contribution is 2.17. The van der Waals surface area contributed by atoms with Crippen molar-refractivity contribution in [3.8, 4) is 0 Å². The maximum atomic E-state index is 13.3. The van der Waals surface area contributed by atoms with E-state index in [0.29, 0.717) is 55.9 Å². The molecule has 2 N–H and O–H groups in total. The largest absolute Gasteiger partial charge is 0.497 e. The van der Waals surface area contributed by atoms with Gasteiger partial charge < -0.3 is 24.7 Å². The number of nitrogens with zero attached hydrogens (tertiary/aromatic N) is 1. The second-order valence-corrected chi connectivity index (χ2v) is 8.54. The monoisotopic (exact) mass is 497 g/mol. The minimum atomic E-state index is -0.235. The molecule has 0 aliphatic rings. The van der Waals surface area contributed by atoms with E-state index in [0.717, 1.165) is 30.5 Å². The first-order valence-electron chi connectivity index (χ1n) is 12.5. The summed E-state index contributed by atoms with van der Waals surface area (Å²) in [6, 6.07) is 5.87. The van der Waals surface area contributed by atoms with E-state index in [1.165, 1.54) is 7.11 Å². The number of carbonyl (C=O) groups excluding carboxylic acids is 2. The van der Waals surface area contributed by atoms with Gasteiger partial charge in [0, 0.05) is 36.8 Å². The molecular formula is C28H39N3O5. The number of hydrogen-bond donors (Lipinski definition) is 2. The predicted octanol–water partition coefficient (Wildman–Crippen LogP) is 3.72. The van der Waals surface area contributed by atoms with Crippen LogP contribution in [0.3, 0.4) is 0 Å². The number of hydrogen-bond acceptors (Lipinski definition) is 7. The van der Waals surface area contributed by atoms with Crippen LogP contribution in [-0.4, -0.2) is 49.7 Å². The zero-order chi connectivity index (χ0) is 26.5. The average molecular weight is 498 g/mol. The third-order valence-electron chi connectivity index (χ3n) is 5.88. The number of nitrogens with one attached hydrogen (secondary N) is 2. The third kappa shape index (κ3) is 8.68. The van der Waals surface area contributed by atoms with Gasteiger partial charge in [0.25, 0.3) is 0 Å². The standard InChI is InChI=1S/C28H39N3O5/c1-6-31-19-24(26(32)13-10-20(3)30-18-21(4)36-7-2)28(34)23-17-22(11-12-25(23)31)9-8-15-29-16-14-27(33)35-5/h11-12,17,19,29-30H,3-4,6-10,13-16,18H2,1-2,5H3. The fourth-order valence-electron chi connectivity index (χ4n) is 3.86. The Morgan fingerprint density at radius 2 is 1.86 bits per heavy atom. The number of ketones is 1. The number of Topliss-reactive ketones (excluding diaryl/α,β-unsaturated/α-hetero) is 1. The van der Waals surface area contributed by atoms with Crippen LogP contribution in [0.15, 0.2) is 53.8 Å². The summed E-state index contributed by atoms with van der Waals surface area (Å²) in [5.41, 5.74) is 2.52. The second-order valence-electron chi connectivity index (χ2n) is 8.54. The van der Waals surface area contributed by atoms with Crippen molar-refractivity contribution in [2.24, 2.45) is 0 Å². The van der Waals surface area contributed by atoms with Gasteiger partial charge in [0.15, 0.2) is 11.2 Å². The molecule has 0 aliphatic carbocycles. The maximum absolute atomic E-state index is 13.3. The van der Waals surface area contributed by atoms with Crippen LogP contribution >= 0.6 is 0 Å². The molecule has 0 saturated carbocycles. The van der Waals surface area contributed by atoms with Crippen molar-refractivity contribution in [2.45, 2.75) is 52.5 Å². The molecule has 0 fully saturated rings. The molecule has 0 radical (unpaired) electrons. The van der Waals surface area contributed by atoms with Crippen molar-refractivity contribution < 1.29 is 19.1 Å². The van der Waals surface area contributed by atoms with Gasteiger partial charge in [-0.1, -0.05) is 19.2 Å². The van der Waals surface area contributed by atoms with Crippen molar-refractivity contribution in [1.82, 2.24) is 15.2 Å². The Bertz CT molecular complexity index is 1140. The molecule has 0 amide bonds. The van der Waals surface area contributed by atoms with Crippen molar-refractivity contribution >= 4 is 22.7 Å². The summed E-state index contributed by atoms with van der Waals surface area (Å²) >= 11 is 0. The van der Waals surface area contributed by atoms with Crippen LogP contribution in [0.4, 0.5) is 0 Å². The number of carbonyl (C=O) groups is 2. The zero-order valence-corrected chi connectivity index (χ0v) is 21.8. The molecule has 36 heavy (non-hydrogen) atoms. The molecule has 0 aliphatic heterocycles. The smallest absolute Gasteiger partial charge is 0.306 e. The van der Waals surface area contributed by atoms with E-state index in [4.69, 9.17) is 4.74 Å². The molecule has 8 nitrogen and oxygen atoms in total. The first-order chi connectivity index (χ1) is 17.3. The SMILES string of the molecule is C=C(CCC(=O)c1cn(CC)c2ccc(CCCNCCC(=O)OC)cc2c1=O)NCC(=C)OCC. The van der Waals surface area contributed by atoms with E-state index in [9.17, 15) is 14.4 Å². The summed E-state index contributed by atoms with van der Waals surface area (Å²) in [6.45, 7) is 14.6. The van der Waals surface area contributed by atoms with Gasteiger partial charge in [-0.05, 0) is 57.4 Å². The fraction of sp³-hybridized carbons (Fsp3) is 0.464. The Labute approximate surface area is 213 Å². The van der Waals surface area contributed by atoms with Gasteiger partial charge in [0.1, 0.15) is 5.76 Å². The number of allylic oxidation sites excluding steroid dienone is 1. The predicted molar refractivity (Wildman–Crippen MR) is 143 cm³/mol. The minimum absolute atomic E-state index is 0.189. The van der Waals surface area contributed by atoms with Crippen LogP contribution in [0, 0.1) is 0 Å². The van der Waals surface area contributed by atoms with E-state index in [1.54, 1.807) is 6.20 Å². The lowest BCUT2D eigenvalue weighted by Gasteiger charge is -2.14. The molecule has 0 bridgehead atoms. The Kier molecular flexibility index (Phi) is 11.9.